The maximum Gasteiger partial charge on any atom is 0.323 e. The lowest BCUT2D eigenvalue weighted by atomic mass is 9.95. The fraction of sp³-hybridized carbons (Fsp3) is 0.929. The van der Waals surface area contributed by atoms with Crippen LogP contribution in [0, 0.1) is 0 Å². The number of aliphatic carboxylic acids is 1. The van der Waals surface area contributed by atoms with Gasteiger partial charge < -0.3 is 20.2 Å². The third-order valence-corrected chi connectivity index (χ3v) is 3.40. The fourth-order valence-corrected chi connectivity index (χ4v) is 2.13. The number of likely N-dealkylation sites (N-methyl/N-ethyl adjacent to an activating group) is 1. The Bertz CT molecular complexity index is 259. The lowest BCUT2D eigenvalue weighted by Gasteiger charge is -2.27. The average molecular weight is 273 g/mol. The van der Waals surface area contributed by atoms with Gasteiger partial charge in [-0.15, -0.1) is 0 Å². The highest BCUT2D eigenvalue weighted by molar-refractivity contribution is 5.78. The van der Waals surface area contributed by atoms with E-state index in [4.69, 9.17) is 0 Å². The van der Waals surface area contributed by atoms with Gasteiger partial charge in [-0.3, -0.25) is 4.79 Å². The van der Waals surface area contributed by atoms with Crippen LogP contribution in [0.3, 0.4) is 0 Å². The van der Waals surface area contributed by atoms with Crippen molar-refractivity contribution in [3.8, 4) is 0 Å². The van der Waals surface area contributed by atoms with Gasteiger partial charge >= 0.3 is 5.97 Å². The molecule has 1 atom stereocenters. The monoisotopic (exact) mass is 273 g/mol. The van der Waals surface area contributed by atoms with Crippen LogP contribution in [0.25, 0.3) is 0 Å². The van der Waals surface area contributed by atoms with Gasteiger partial charge in [0, 0.05) is 0 Å². The van der Waals surface area contributed by atoms with E-state index < -0.39 is 11.5 Å². The lowest BCUT2D eigenvalue weighted by Crippen LogP contribution is -2.49. The molecule has 0 aromatic carbocycles. The average Bonchev–Trinajstić information content (AvgIpc) is 2.28. The first-order chi connectivity index (χ1) is 8.81. The minimum absolute atomic E-state index is 0.661. The largest absolute Gasteiger partial charge is 0.480 e. The first kappa shape index (κ1) is 18.4. The van der Waals surface area contributed by atoms with Gasteiger partial charge in [-0.25, -0.2) is 0 Å². The van der Waals surface area contributed by atoms with Gasteiger partial charge in [0.2, 0.25) is 0 Å². The molecule has 0 saturated carbocycles. The molecule has 0 heterocycles. The zero-order chi connectivity index (χ0) is 14.9. The molecule has 0 aromatic heterocycles. The van der Waals surface area contributed by atoms with Crippen LogP contribution >= 0.6 is 0 Å². The molecule has 5 heteroatoms. The minimum Gasteiger partial charge on any atom is -0.480 e. The fourth-order valence-electron chi connectivity index (χ4n) is 2.13. The Hall–Kier alpha value is -0.650. The highest BCUT2D eigenvalue weighted by atomic mass is 16.4. The number of hydrogen-bond donors (Lipinski definition) is 2. The Balaban J connectivity index is 3.89. The molecular formula is C14H31N3O2. The van der Waals surface area contributed by atoms with Crippen molar-refractivity contribution < 1.29 is 9.90 Å². The van der Waals surface area contributed by atoms with Crippen molar-refractivity contribution in [3.63, 3.8) is 0 Å². The highest BCUT2D eigenvalue weighted by Gasteiger charge is 2.31. The SMILES string of the molecule is CCNC(C)(CCCN(C)CCCN(C)C)C(=O)O. The Labute approximate surface area is 118 Å². The summed E-state index contributed by atoms with van der Waals surface area (Å²) in [4.78, 5) is 15.7. The first-order valence-electron chi connectivity index (χ1n) is 7.13. The summed E-state index contributed by atoms with van der Waals surface area (Å²) in [6, 6.07) is 0. The van der Waals surface area contributed by atoms with Crippen molar-refractivity contribution in [1.29, 1.82) is 0 Å². The van der Waals surface area contributed by atoms with E-state index in [0.717, 1.165) is 32.5 Å². The van der Waals surface area contributed by atoms with Crippen LogP contribution in [-0.4, -0.2) is 73.7 Å². The van der Waals surface area contributed by atoms with Gasteiger partial charge in [-0.05, 0) is 73.5 Å². The summed E-state index contributed by atoms with van der Waals surface area (Å²) in [5.41, 5.74) is -0.792. The molecule has 0 amide bonds. The predicted molar refractivity (Wildman–Crippen MR) is 79.6 cm³/mol. The zero-order valence-corrected chi connectivity index (χ0v) is 13.2. The summed E-state index contributed by atoms with van der Waals surface area (Å²) in [5.74, 6) is -0.760. The molecule has 0 aromatic rings. The standard InChI is InChI=1S/C14H31N3O2/c1-6-15-14(2,13(18)19)9-7-11-17(5)12-8-10-16(3)4/h15H,6-12H2,1-5H3,(H,18,19). The molecule has 2 N–H and O–H groups in total. The number of nitrogens with one attached hydrogen (secondary N) is 1. The summed E-state index contributed by atoms with van der Waals surface area (Å²) in [5, 5.41) is 12.3. The van der Waals surface area contributed by atoms with Crippen molar-refractivity contribution in [2.75, 3.05) is 47.3 Å². The van der Waals surface area contributed by atoms with E-state index in [0.29, 0.717) is 13.0 Å². The molecule has 1 unspecified atom stereocenters. The molecule has 0 radical (unpaired) electrons. The molecule has 0 aliphatic rings. The number of carboxylic acids is 1. The predicted octanol–water partition coefficient (Wildman–Crippen LogP) is 1.10. The van der Waals surface area contributed by atoms with Crippen LogP contribution in [0.15, 0.2) is 0 Å². The molecule has 0 bridgehead atoms. The summed E-state index contributed by atoms with van der Waals surface area (Å²) in [6.07, 6.45) is 2.70. The molecule has 0 fully saturated rings. The maximum atomic E-state index is 11.3. The number of carbonyl (C=O) groups is 1. The van der Waals surface area contributed by atoms with E-state index in [9.17, 15) is 9.90 Å². The van der Waals surface area contributed by atoms with Gasteiger partial charge in [-0.2, -0.15) is 0 Å². The van der Waals surface area contributed by atoms with Gasteiger partial charge in [0.15, 0.2) is 0 Å². The summed E-state index contributed by atoms with van der Waals surface area (Å²) >= 11 is 0. The summed E-state index contributed by atoms with van der Waals surface area (Å²) in [6.45, 7) is 7.49. The molecule has 0 spiro atoms. The second-order valence-electron chi connectivity index (χ2n) is 5.73. The van der Waals surface area contributed by atoms with Crippen LogP contribution in [-0.2, 0) is 4.79 Å². The molecular weight excluding hydrogens is 242 g/mol. The second-order valence-corrected chi connectivity index (χ2v) is 5.73. The quantitative estimate of drug-likeness (QED) is 0.590. The first-order valence-corrected chi connectivity index (χ1v) is 7.13. The van der Waals surface area contributed by atoms with Gasteiger partial charge in [-0.1, -0.05) is 6.92 Å². The second kappa shape index (κ2) is 9.28. The number of nitrogens with zero attached hydrogens (tertiary/aromatic N) is 2. The summed E-state index contributed by atoms with van der Waals surface area (Å²) < 4.78 is 0. The van der Waals surface area contributed by atoms with Crippen LogP contribution in [0.4, 0.5) is 0 Å². The maximum absolute atomic E-state index is 11.3. The Morgan fingerprint density at radius 2 is 1.74 bits per heavy atom. The molecule has 19 heavy (non-hydrogen) atoms. The topological polar surface area (TPSA) is 55.8 Å². The van der Waals surface area contributed by atoms with E-state index in [1.165, 1.54) is 0 Å². The van der Waals surface area contributed by atoms with E-state index in [2.05, 4.69) is 36.3 Å². The van der Waals surface area contributed by atoms with E-state index >= 15 is 0 Å². The van der Waals surface area contributed by atoms with Gasteiger partial charge in [0.1, 0.15) is 5.54 Å². The van der Waals surface area contributed by atoms with Crippen molar-refractivity contribution in [3.05, 3.63) is 0 Å². The molecule has 0 aliphatic carbocycles. The van der Waals surface area contributed by atoms with E-state index in [-0.39, 0.29) is 0 Å². The number of rotatable bonds is 11. The van der Waals surface area contributed by atoms with Crippen LogP contribution in [0.2, 0.25) is 0 Å². The normalized spacial score (nSPS) is 14.9. The van der Waals surface area contributed by atoms with Gasteiger partial charge in [0.25, 0.3) is 0 Å². The van der Waals surface area contributed by atoms with E-state index in [1.807, 2.05) is 6.92 Å². The van der Waals surface area contributed by atoms with Crippen LogP contribution in [0.5, 0.6) is 0 Å². The number of hydrogen-bond acceptors (Lipinski definition) is 4. The van der Waals surface area contributed by atoms with Gasteiger partial charge in [0.05, 0.1) is 0 Å². The van der Waals surface area contributed by atoms with E-state index in [1.54, 1.807) is 6.92 Å². The third-order valence-electron chi connectivity index (χ3n) is 3.40. The van der Waals surface area contributed by atoms with Crippen molar-refractivity contribution in [2.24, 2.45) is 0 Å². The minimum atomic E-state index is -0.792. The van der Waals surface area contributed by atoms with Crippen LogP contribution < -0.4 is 5.32 Å². The molecule has 114 valence electrons. The summed E-state index contributed by atoms with van der Waals surface area (Å²) in [7, 11) is 6.25. The van der Waals surface area contributed by atoms with Crippen molar-refractivity contribution >= 4 is 5.97 Å². The van der Waals surface area contributed by atoms with Crippen LogP contribution in [0.1, 0.15) is 33.1 Å². The smallest absolute Gasteiger partial charge is 0.323 e. The molecule has 0 aliphatic heterocycles. The van der Waals surface area contributed by atoms with Crippen molar-refractivity contribution in [2.45, 2.75) is 38.6 Å². The Morgan fingerprint density at radius 3 is 2.21 bits per heavy atom. The highest BCUT2D eigenvalue weighted by Crippen LogP contribution is 2.13. The molecule has 0 saturated heterocycles. The lowest BCUT2D eigenvalue weighted by molar-refractivity contribution is -0.144. The zero-order valence-electron chi connectivity index (χ0n) is 13.2. The third kappa shape index (κ3) is 8.18. The Kier molecular flexibility index (Phi) is 8.97. The number of carboxylic acid groups (broad SMARTS) is 1. The van der Waals surface area contributed by atoms with Crippen molar-refractivity contribution in [1.82, 2.24) is 15.1 Å². The molecule has 0 rings (SSSR count). The Morgan fingerprint density at radius 1 is 1.16 bits per heavy atom. The molecule has 5 nitrogen and oxygen atoms in total.